The Balaban J connectivity index is 1.29. The van der Waals surface area contributed by atoms with E-state index >= 15 is 0 Å². The Kier molecular flexibility index (Phi) is 6.12. The molecule has 2 aromatic heterocycles. The maximum Gasteiger partial charge on any atom is 0.244 e. The van der Waals surface area contributed by atoms with Crippen LogP contribution in [0.3, 0.4) is 0 Å². The lowest BCUT2D eigenvalue weighted by Gasteiger charge is -2.43. The second-order valence-corrected chi connectivity index (χ2v) is 12.2. The zero-order valence-electron chi connectivity index (χ0n) is 20.2. The van der Waals surface area contributed by atoms with Crippen molar-refractivity contribution in [3.63, 3.8) is 0 Å². The number of anilines is 1. The van der Waals surface area contributed by atoms with Gasteiger partial charge in [-0.15, -0.1) is 0 Å². The van der Waals surface area contributed by atoms with E-state index in [4.69, 9.17) is 11.6 Å². The van der Waals surface area contributed by atoms with Crippen molar-refractivity contribution in [2.45, 2.75) is 30.3 Å². The van der Waals surface area contributed by atoms with Crippen molar-refractivity contribution in [1.29, 1.82) is 0 Å². The van der Waals surface area contributed by atoms with Gasteiger partial charge >= 0.3 is 0 Å². The Morgan fingerprint density at radius 1 is 1.11 bits per heavy atom. The minimum atomic E-state index is -3.97. The van der Waals surface area contributed by atoms with Crippen molar-refractivity contribution in [2.24, 2.45) is 5.41 Å². The third kappa shape index (κ3) is 4.13. The highest BCUT2D eigenvalue weighted by Gasteiger charge is 2.50. The first-order valence-electron chi connectivity index (χ1n) is 12.3. The average Bonchev–Trinajstić information content (AvgIpc) is 3.53. The van der Waals surface area contributed by atoms with E-state index in [1.165, 1.54) is 28.7 Å². The summed E-state index contributed by atoms with van der Waals surface area (Å²) >= 11 is 6.18. The van der Waals surface area contributed by atoms with E-state index in [2.05, 4.69) is 10.1 Å². The highest BCUT2D eigenvalue weighted by atomic mass is 35.5. The van der Waals surface area contributed by atoms with Gasteiger partial charge in [0.2, 0.25) is 15.3 Å². The number of benzene rings is 1. The molecule has 0 spiro atoms. The molecule has 6 rings (SSSR count). The molecule has 0 saturated carbocycles. The Labute approximate surface area is 223 Å². The van der Waals surface area contributed by atoms with Crippen molar-refractivity contribution in [1.82, 2.24) is 19.1 Å². The molecule has 1 aliphatic carbocycles. The molecule has 12 heteroatoms. The number of hydrogen-bond donors (Lipinski definition) is 0. The van der Waals surface area contributed by atoms with Crippen molar-refractivity contribution < 1.29 is 22.0 Å². The fraction of sp³-hybridized carbons (Fsp3) is 0.346. The molecule has 2 saturated heterocycles. The van der Waals surface area contributed by atoms with Gasteiger partial charge in [-0.05, 0) is 78.9 Å². The van der Waals surface area contributed by atoms with Gasteiger partial charge in [0, 0.05) is 25.8 Å². The molecule has 0 unspecified atom stereocenters. The van der Waals surface area contributed by atoms with Crippen LogP contribution < -0.4 is 4.90 Å². The molecule has 2 aliphatic heterocycles. The summed E-state index contributed by atoms with van der Waals surface area (Å²) in [7, 11) is -3.97. The van der Waals surface area contributed by atoms with Crippen LogP contribution in [-0.2, 0) is 21.2 Å². The third-order valence-corrected chi connectivity index (χ3v) is 9.83. The zero-order valence-corrected chi connectivity index (χ0v) is 21.8. The van der Waals surface area contributed by atoms with Gasteiger partial charge in [0.25, 0.3) is 0 Å². The van der Waals surface area contributed by atoms with Gasteiger partial charge in [-0.3, -0.25) is 4.79 Å². The minimum absolute atomic E-state index is 0.00229. The maximum absolute atomic E-state index is 13.6. The van der Waals surface area contributed by atoms with Crippen LogP contribution >= 0.6 is 11.6 Å². The molecule has 0 radical (unpaired) electrons. The number of nitrogens with zero attached hydrogens (tertiary/aromatic N) is 5. The average molecular weight is 560 g/mol. The van der Waals surface area contributed by atoms with Gasteiger partial charge in [-0.1, -0.05) is 5.57 Å². The molecule has 1 aromatic carbocycles. The van der Waals surface area contributed by atoms with E-state index < -0.39 is 26.9 Å². The van der Waals surface area contributed by atoms with Gasteiger partial charge in [-0.25, -0.2) is 26.9 Å². The first kappa shape index (κ1) is 25.1. The molecule has 3 aromatic rings. The number of fused-ring (bicyclic) bond motifs is 2. The van der Waals surface area contributed by atoms with Gasteiger partial charge < -0.3 is 4.90 Å². The summed E-state index contributed by atoms with van der Waals surface area (Å²) in [6.45, 7) is 0.821. The van der Waals surface area contributed by atoms with Crippen LogP contribution in [0.4, 0.5) is 14.6 Å². The maximum atomic E-state index is 13.6. The SMILES string of the molecule is O=C(Cl)[C@]12Cc3cnn(-c4ccc(F)cc4)c3C=C1CCN(S(=O)(=O)c1ccc(N3CC[C@@H](F)C3)nc1)C2. The van der Waals surface area contributed by atoms with Gasteiger partial charge in [0.1, 0.15) is 22.7 Å². The molecular weight excluding hydrogens is 536 g/mol. The van der Waals surface area contributed by atoms with Crippen molar-refractivity contribution >= 4 is 38.8 Å². The summed E-state index contributed by atoms with van der Waals surface area (Å²) in [6.07, 6.45) is 4.77. The first-order chi connectivity index (χ1) is 18.2. The summed E-state index contributed by atoms with van der Waals surface area (Å²) in [5, 5.41) is 3.80. The Bertz CT molecular complexity index is 1540. The number of piperidine rings is 1. The van der Waals surface area contributed by atoms with E-state index in [9.17, 15) is 22.0 Å². The molecule has 2 fully saturated rings. The summed E-state index contributed by atoms with van der Waals surface area (Å²) in [6, 6.07) is 8.97. The Morgan fingerprint density at radius 2 is 1.89 bits per heavy atom. The summed E-state index contributed by atoms with van der Waals surface area (Å²) in [5.74, 6) is 0.168. The number of rotatable bonds is 5. The van der Waals surface area contributed by atoms with Gasteiger partial charge in [-0.2, -0.15) is 9.40 Å². The smallest absolute Gasteiger partial charge is 0.244 e. The van der Waals surface area contributed by atoms with Crippen LogP contribution in [0.15, 0.2) is 59.3 Å². The monoisotopic (exact) mass is 559 g/mol. The number of aromatic nitrogens is 3. The van der Waals surface area contributed by atoms with E-state index in [-0.39, 0.29) is 36.8 Å². The lowest BCUT2D eigenvalue weighted by atomic mass is 9.69. The largest absolute Gasteiger partial charge is 0.354 e. The van der Waals surface area contributed by atoms with Crippen LogP contribution in [0.5, 0.6) is 0 Å². The number of sulfonamides is 1. The van der Waals surface area contributed by atoms with Gasteiger partial charge in [0.15, 0.2) is 0 Å². The molecule has 0 amide bonds. The molecule has 0 N–H and O–H groups in total. The van der Waals surface area contributed by atoms with Crippen LogP contribution in [0.1, 0.15) is 24.1 Å². The number of alkyl halides is 1. The number of halogens is 3. The molecule has 3 aliphatic rings. The van der Waals surface area contributed by atoms with E-state index in [0.717, 1.165) is 16.8 Å². The summed E-state index contributed by atoms with van der Waals surface area (Å²) in [4.78, 5) is 18.9. The second-order valence-electron chi connectivity index (χ2n) is 9.92. The summed E-state index contributed by atoms with van der Waals surface area (Å²) in [5.41, 5.74) is 1.68. The predicted octanol–water partition coefficient (Wildman–Crippen LogP) is 3.74. The van der Waals surface area contributed by atoms with Crippen LogP contribution in [0, 0.1) is 11.2 Å². The number of pyridine rings is 1. The molecule has 2 atom stereocenters. The fourth-order valence-electron chi connectivity index (χ4n) is 5.56. The van der Waals surface area contributed by atoms with Crippen molar-refractivity contribution in [3.05, 3.63) is 71.4 Å². The van der Waals surface area contributed by atoms with E-state index in [0.29, 0.717) is 30.9 Å². The number of carbonyl (C=O) groups is 1. The highest BCUT2D eigenvalue weighted by molar-refractivity contribution is 7.89. The standard InChI is InChI=1S/C26H24ClF2N5O3S/c27-25(35)26-12-17-13-31-34(21-3-1-19(28)2-4-21)23(17)11-18(26)7-10-33(16-26)38(36,37)22-5-6-24(30-14-22)32-9-8-20(29)15-32/h1-6,11,13-14,20H,7-10,12,15-16H2/t20-,26+/m1/s1. The predicted molar refractivity (Wildman–Crippen MR) is 138 cm³/mol. The fourth-order valence-corrected chi connectivity index (χ4v) is 7.25. The molecule has 4 heterocycles. The zero-order chi connectivity index (χ0) is 26.7. The van der Waals surface area contributed by atoms with E-state index in [1.807, 2.05) is 6.08 Å². The quantitative estimate of drug-likeness (QED) is 0.443. The van der Waals surface area contributed by atoms with Crippen molar-refractivity contribution in [3.8, 4) is 5.69 Å². The van der Waals surface area contributed by atoms with Crippen LogP contribution in [0.2, 0.25) is 0 Å². The van der Waals surface area contributed by atoms with Crippen molar-refractivity contribution in [2.75, 3.05) is 31.1 Å². The molecule has 0 bridgehead atoms. The van der Waals surface area contributed by atoms with Crippen LogP contribution in [0.25, 0.3) is 11.8 Å². The van der Waals surface area contributed by atoms with E-state index in [1.54, 1.807) is 34.0 Å². The Morgan fingerprint density at radius 3 is 2.55 bits per heavy atom. The highest BCUT2D eigenvalue weighted by Crippen LogP contribution is 2.46. The molecule has 38 heavy (non-hydrogen) atoms. The minimum Gasteiger partial charge on any atom is -0.354 e. The molecule has 198 valence electrons. The normalized spacial score (nSPS) is 23.6. The first-order valence-corrected chi connectivity index (χ1v) is 14.1. The number of carbonyl (C=O) groups excluding carboxylic acids is 1. The second kappa shape index (κ2) is 9.25. The molecule has 8 nitrogen and oxygen atoms in total. The summed E-state index contributed by atoms with van der Waals surface area (Å²) < 4.78 is 57.1. The third-order valence-electron chi connectivity index (χ3n) is 7.64. The Hall–Kier alpha value is -3.15. The van der Waals surface area contributed by atoms with Gasteiger partial charge in [0.05, 0.1) is 29.5 Å². The molecular formula is C26H24ClF2N5O3S. The lowest BCUT2D eigenvalue weighted by Crippen LogP contribution is -2.52. The van der Waals surface area contributed by atoms with Crippen LogP contribution in [-0.4, -0.2) is 65.1 Å². The number of hydrogen-bond acceptors (Lipinski definition) is 6. The lowest BCUT2D eigenvalue weighted by molar-refractivity contribution is -0.119. The topological polar surface area (TPSA) is 88.4 Å².